The van der Waals surface area contributed by atoms with Crippen molar-refractivity contribution < 1.29 is 4.79 Å². The summed E-state index contributed by atoms with van der Waals surface area (Å²) in [5.41, 5.74) is 13.5. The smallest absolute Gasteiger partial charge is 0.251 e. The summed E-state index contributed by atoms with van der Waals surface area (Å²) < 4.78 is 0. The van der Waals surface area contributed by atoms with E-state index in [9.17, 15) is 4.79 Å². The maximum Gasteiger partial charge on any atom is 0.251 e. The molecular weight excluding hydrogens is 450 g/mol. The van der Waals surface area contributed by atoms with E-state index in [1.165, 1.54) is 12.0 Å². The second kappa shape index (κ2) is 9.17. The van der Waals surface area contributed by atoms with Crippen LogP contribution in [0, 0.1) is 5.41 Å². The predicted molar refractivity (Wildman–Crippen MR) is 140 cm³/mol. The first kappa shape index (κ1) is 24.2. The number of aryl methyl sites for hydroxylation is 2. The Hall–Kier alpha value is -3.52. The maximum absolute atomic E-state index is 12.5. The number of amides is 1. The van der Waals surface area contributed by atoms with Gasteiger partial charge < -0.3 is 16.4 Å². The Morgan fingerprint density at radius 1 is 1.08 bits per heavy atom. The fourth-order valence-corrected chi connectivity index (χ4v) is 6.04. The molecule has 5 N–H and O–H groups in total. The van der Waals surface area contributed by atoms with E-state index in [0.29, 0.717) is 17.8 Å². The Morgan fingerprint density at radius 2 is 1.72 bits per heavy atom. The number of hydrogen-bond donors (Lipinski definition) is 4. The molecule has 2 aliphatic carbocycles. The molecule has 1 saturated carbocycles. The number of H-pyrrole nitrogens is 1. The van der Waals surface area contributed by atoms with E-state index in [1.807, 2.05) is 19.2 Å². The lowest BCUT2D eigenvalue weighted by atomic mass is 9.59. The van der Waals surface area contributed by atoms with Crippen LogP contribution < -0.4 is 16.4 Å². The zero-order valence-corrected chi connectivity index (χ0v) is 21.3. The largest absolute Gasteiger partial charge is 0.388 e. The number of aromatic amines is 1. The Morgan fingerprint density at radius 3 is 2.25 bits per heavy atom. The van der Waals surface area contributed by atoms with Gasteiger partial charge in [0.15, 0.2) is 5.82 Å². The molecule has 3 aromatic rings. The van der Waals surface area contributed by atoms with E-state index in [2.05, 4.69) is 69.0 Å². The lowest BCUT2D eigenvalue weighted by Gasteiger charge is -2.47. The molecule has 0 radical (unpaired) electrons. The first-order chi connectivity index (χ1) is 17.3. The van der Waals surface area contributed by atoms with Crippen molar-refractivity contribution in [1.29, 1.82) is 0 Å². The molecule has 188 valence electrons. The highest BCUT2D eigenvalue weighted by Crippen LogP contribution is 2.51. The molecule has 1 aromatic heterocycles. The second-order valence-corrected chi connectivity index (χ2v) is 10.5. The van der Waals surface area contributed by atoms with Crippen LogP contribution in [-0.4, -0.2) is 46.7 Å². The van der Waals surface area contributed by atoms with Crippen LogP contribution >= 0.6 is 0 Å². The van der Waals surface area contributed by atoms with Gasteiger partial charge in [-0.05, 0) is 83.5 Å². The summed E-state index contributed by atoms with van der Waals surface area (Å²) in [6.45, 7) is 6.46. The molecule has 8 heteroatoms. The van der Waals surface area contributed by atoms with Crippen LogP contribution in [0.1, 0.15) is 76.6 Å². The van der Waals surface area contributed by atoms with Crippen molar-refractivity contribution in [2.45, 2.75) is 56.9 Å². The lowest BCUT2D eigenvalue weighted by molar-refractivity contribution is 0.0963. The number of aromatic nitrogens is 4. The maximum atomic E-state index is 12.5. The Kier molecular flexibility index (Phi) is 6.16. The highest BCUT2D eigenvalue weighted by molar-refractivity contribution is 5.94. The quantitative estimate of drug-likeness (QED) is 0.408. The first-order valence-electron chi connectivity index (χ1n) is 12.7. The second-order valence-electron chi connectivity index (χ2n) is 10.5. The van der Waals surface area contributed by atoms with E-state index in [-0.39, 0.29) is 17.4 Å². The number of nitrogens with one attached hydrogen (secondary N) is 3. The molecule has 2 aliphatic rings. The van der Waals surface area contributed by atoms with E-state index >= 15 is 0 Å². The van der Waals surface area contributed by atoms with Gasteiger partial charge >= 0.3 is 0 Å². The Bertz CT molecular complexity index is 1230. The van der Waals surface area contributed by atoms with E-state index < -0.39 is 5.41 Å². The van der Waals surface area contributed by atoms with E-state index in [1.54, 1.807) is 7.05 Å². The van der Waals surface area contributed by atoms with E-state index in [4.69, 9.17) is 5.73 Å². The summed E-state index contributed by atoms with van der Waals surface area (Å²) in [6.07, 6.45) is 5.69. The zero-order valence-electron chi connectivity index (χ0n) is 21.3. The average molecular weight is 486 g/mol. The molecule has 8 nitrogen and oxygen atoms in total. The highest BCUT2D eigenvalue weighted by atomic mass is 16.1. The van der Waals surface area contributed by atoms with Crippen molar-refractivity contribution in [3.63, 3.8) is 0 Å². The summed E-state index contributed by atoms with van der Waals surface area (Å²) in [6, 6.07) is 12.4. The van der Waals surface area contributed by atoms with Crippen molar-refractivity contribution in [1.82, 2.24) is 31.3 Å². The van der Waals surface area contributed by atoms with E-state index in [0.717, 1.165) is 53.6 Å². The van der Waals surface area contributed by atoms with Crippen LogP contribution in [0.5, 0.6) is 0 Å². The number of carbonyl (C=O) groups is 1. The number of fused-ring (bicyclic) bond motifs is 2. The van der Waals surface area contributed by atoms with Crippen molar-refractivity contribution in [2.75, 3.05) is 14.1 Å². The minimum absolute atomic E-state index is 0.0610. The molecule has 0 aliphatic heterocycles. The average Bonchev–Trinajstić information content (AvgIpc) is 3.39. The van der Waals surface area contributed by atoms with Crippen LogP contribution in [0.3, 0.4) is 0 Å². The summed E-state index contributed by atoms with van der Waals surface area (Å²) in [4.78, 5) is 12.5. The summed E-state index contributed by atoms with van der Waals surface area (Å²) in [5.74, 6) is 0.508. The molecule has 1 amide bonds. The molecule has 0 saturated heterocycles. The van der Waals surface area contributed by atoms with Gasteiger partial charge in [-0.25, -0.2) is 0 Å². The molecule has 36 heavy (non-hydrogen) atoms. The number of tetrazole rings is 1. The zero-order chi connectivity index (χ0) is 25.5. The van der Waals surface area contributed by atoms with Crippen molar-refractivity contribution in [3.8, 4) is 0 Å². The SMILES string of the molecule is C=C(NC)c1ccc2c(c1)CCc1cc(C(=O)NC)ccc1C2(C[C@@H](N)C1(C)CCC1)c1nn[nH]n1. The van der Waals surface area contributed by atoms with Crippen LogP contribution in [0.2, 0.25) is 0 Å². The molecule has 5 rings (SSSR count). The molecule has 0 spiro atoms. The third-order valence-corrected chi connectivity index (χ3v) is 8.58. The summed E-state index contributed by atoms with van der Waals surface area (Å²) >= 11 is 0. The molecular formula is C28H35N7O. The standard InChI is InChI=1S/C28H35N7O/c1-17(30-3)18-8-10-22-19(14-18)6-7-20-15-21(25(36)31-4)9-11-23(20)28(22,26-32-34-35-33-26)16-24(29)27(2)12-5-13-27/h8-11,14-15,24,30H,1,5-7,12-13,16,29H2,2-4H3,(H,31,36)(H,32,33,34,35)/t24-,28?/m1/s1. The predicted octanol–water partition coefficient (Wildman–Crippen LogP) is 3.09. The number of nitrogens with zero attached hydrogens (tertiary/aromatic N) is 3. The number of rotatable bonds is 7. The van der Waals surface area contributed by atoms with Gasteiger partial charge in [-0.15, -0.1) is 10.2 Å². The van der Waals surface area contributed by atoms with Crippen LogP contribution in [0.4, 0.5) is 0 Å². The van der Waals surface area contributed by atoms with Crippen LogP contribution in [0.25, 0.3) is 5.70 Å². The molecule has 1 heterocycles. The van der Waals surface area contributed by atoms with Crippen LogP contribution in [-0.2, 0) is 18.3 Å². The highest BCUT2D eigenvalue weighted by Gasteiger charge is 2.49. The number of benzene rings is 2. The topological polar surface area (TPSA) is 122 Å². The Labute approximate surface area is 212 Å². The minimum Gasteiger partial charge on any atom is -0.388 e. The molecule has 1 unspecified atom stereocenters. The van der Waals surface area contributed by atoms with Crippen LogP contribution in [0.15, 0.2) is 43.0 Å². The van der Waals surface area contributed by atoms with Gasteiger partial charge in [0.1, 0.15) is 0 Å². The van der Waals surface area contributed by atoms with Gasteiger partial charge in [0.05, 0.1) is 5.41 Å². The Balaban J connectivity index is 1.77. The number of nitrogens with two attached hydrogens (primary N) is 1. The molecule has 2 aromatic carbocycles. The lowest BCUT2D eigenvalue weighted by Crippen LogP contribution is -2.49. The van der Waals surface area contributed by atoms with Crippen molar-refractivity contribution in [2.24, 2.45) is 11.1 Å². The molecule has 1 fully saturated rings. The van der Waals surface area contributed by atoms with Gasteiger partial charge in [-0.1, -0.05) is 43.3 Å². The number of hydrogen-bond acceptors (Lipinski definition) is 6. The minimum atomic E-state index is -0.701. The van der Waals surface area contributed by atoms with Gasteiger partial charge in [0, 0.05) is 31.4 Å². The normalized spacial score (nSPS) is 20.8. The third kappa shape index (κ3) is 3.80. The van der Waals surface area contributed by atoms with Gasteiger partial charge in [-0.3, -0.25) is 4.79 Å². The molecule has 0 bridgehead atoms. The summed E-state index contributed by atoms with van der Waals surface area (Å²) in [7, 11) is 3.54. The van der Waals surface area contributed by atoms with Crippen molar-refractivity contribution in [3.05, 3.63) is 82.2 Å². The van der Waals surface area contributed by atoms with Gasteiger partial charge in [0.2, 0.25) is 0 Å². The van der Waals surface area contributed by atoms with Gasteiger partial charge in [-0.2, -0.15) is 5.21 Å². The monoisotopic (exact) mass is 485 g/mol. The van der Waals surface area contributed by atoms with Gasteiger partial charge in [0.25, 0.3) is 5.91 Å². The fraction of sp³-hybridized carbons (Fsp3) is 0.429. The molecule has 2 atom stereocenters. The number of carbonyl (C=O) groups excluding carboxylic acids is 1. The fourth-order valence-electron chi connectivity index (χ4n) is 6.04. The van der Waals surface area contributed by atoms with Crippen molar-refractivity contribution >= 4 is 11.6 Å². The third-order valence-electron chi connectivity index (χ3n) is 8.58. The summed E-state index contributed by atoms with van der Waals surface area (Å²) in [5, 5.41) is 21.7. The first-order valence-corrected chi connectivity index (χ1v) is 12.7.